The number of alkyl carbamates (subject to hydrolysis) is 1. The van der Waals surface area contributed by atoms with Crippen LogP contribution >= 0.6 is 39.5 Å². The van der Waals surface area contributed by atoms with Crippen LogP contribution in [0, 0.1) is 0 Å². The highest BCUT2D eigenvalue weighted by molar-refractivity contribution is 9.10. The molecule has 2 heterocycles. The Kier molecular flexibility index (Phi) is 13.8. The van der Waals surface area contributed by atoms with Gasteiger partial charge in [0.05, 0.1) is 11.1 Å². The number of imide groups is 1. The molecule has 2 aliphatic heterocycles. The fourth-order valence-electron chi connectivity index (χ4n) is 4.83. The number of carbonyl (C=O) groups is 3. The van der Waals surface area contributed by atoms with Crippen LogP contribution in [0.3, 0.4) is 0 Å². The van der Waals surface area contributed by atoms with Crippen LogP contribution in [0.2, 0.25) is 0 Å². The highest BCUT2D eigenvalue weighted by atomic mass is 79.9. The van der Waals surface area contributed by atoms with Gasteiger partial charge in [-0.2, -0.15) is 4.90 Å². The predicted molar refractivity (Wildman–Crippen MR) is 212 cm³/mol. The maximum absolute atomic E-state index is 12.9. The second kappa shape index (κ2) is 16.6. The van der Waals surface area contributed by atoms with E-state index in [0.29, 0.717) is 16.6 Å². The summed E-state index contributed by atoms with van der Waals surface area (Å²) in [5.41, 5.74) is 5.63. The van der Waals surface area contributed by atoms with Gasteiger partial charge in [0.25, 0.3) is 0 Å². The Morgan fingerprint density at radius 3 is 1.76 bits per heavy atom. The molecule has 0 aliphatic carbocycles. The number of thioether (sulfide) groups is 2. The molecule has 3 amide bonds. The monoisotopic (exact) mass is 805 g/mol. The third kappa shape index (κ3) is 13.4. The number of nitrogen functional groups attached to an aromatic ring is 1. The number of hydrogen-bond acceptors (Lipinski definition) is 11. The van der Waals surface area contributed by atoms with Crippen LogP contribution in [-0.4, -0.2) is 61.8 Å². The van der Waals surface area contributed by atoms with Gasteiger partial charge in [-0.05, 0) is 124 Å². The summed E-state index contributed by atoms with van der Waals surface area (Å²) < 4.78 is 17.1. The first-order valence-electron chi connectivity index (χ1n) is 16.7. The van der Waals surface area contributed by atoms with E-state index in [0.717, 1.165) is 39.1 Å². The van der Waals surface area contributed by atoms with Crippen molar-refractivity contribution in [3.63, 3.8) is 0 Å². The summed E-state index contributed by atoms with van der Waals surface area (Å²) in [6, 6.07) is 15.6. The van der Waals surface area contributed by atoms with Gasteiger partial charge in [0.1, 0.15) is 16.8 Å². The highest BCUT2D eigenvalue weighted by Gasteiger charge is 2.40. The Labute approximate surface area is 319 Å². The van der Waals surface area contributed by atoms with Crippen LogP contribution in [-0.2, 0) is 25.3 Å². The summed E-state index contributed by atoms with van der Waals surface area (Å²) >= 11 is 6.37. The number of nitrogens with zero attached hydrogens (tertiary/aromatic N) is 3. The summed E-state index contributed by atoms with van der Waals surface area (Å²) in [4.78, 5) is 48.1. The van der Waals surface area contributed by atoms with Crippen LogP contribution in [0.5, 0.6) is 0 Å². The van der Waals surface area contributed by atoms with Crippen molar-refractivity contribution in [3.8, 4) is 0 Å². The van der Waals surface area contributed by atoms with Crippen LogP contribution in [0.1, 0.15) is 100 Å². The number of benzene rings is 2. The van der Waals surface area contributed by atoms with E-state index in [2.05, 4.69) is 28.2 Å². The zero-order valence-electron chi connectivity index (χ0n) is 31.5. The molecule has 2 aromatic rings. The Hall–Kier alpha value is -3.23. The van der Waals surface area contributed by atoms with Crippen molar-refractivity contribution in [2.75, 3.05) is 17.2 Å². The third-order valence-electron chi connectivity index (χ3n) is 7.24. The first kappa shape index (κ1) is 42.2. The number of carbonyl (C=O) groups excluding carboxylic acids is 3. The van der Waals surface area contributed by atoms with E-state index < -0.39 is 40.6 Å². The Morgan fingerprint density at radius 1 is 0.765 bits per heavy atom. The van der Waals surface area contributed by atoms with Crippen molar-refractivity contribution in [1.29, 1.82) is 0 Å². The maximum atomic E-state index is 12.9. The number of halogens is 1. The molecule has 0 saturated heterocycles. The van der Waals surface area contributed by atoms with Gasteiger partial charge in [-0.15, -0.1) is 0 Å². The Bertz CT molecular complexity index is 1620. The van der Waals surface area contributed by atoms with Gasteiger partial charge in [-0.1, -0.05) is 63.7 Å². The molecular weight excluding hydrogens is 754 g/mol. The van der Waals surface area contributed by atoms with Crippen LogP contribution < -0.4 is 11.1 Å². The summed E-state index contributed by atoms with van der Waals surface area (Å²) in [7, 11) is 0. The van der Waals surface area contributed by atoms with E-state index in [4.69, 9.17) is 29.9 Å². The summed E-state index contributed by atoms with van der Waals surface area (Å²) in [6.07, 6.45) is -0.405. The largest absolute Gasteiger partial charge is 0.444 e. The number of nitrogens with one attached hydrogen (secondary N) is 1. The number of amides is 3. The average Bonchev–Trinajstić information content (AvgIpc) is 2.95. The Morgan fingerprint density at radius 2 is 1.25 bits per heavy atom. The molecule has 0 fully saturated rings. The van der Waals surface area contributed by atoms with Gasteiger partial charge in [0, 0.05) is 21.7 Å². The van der Waals surface area contributed by atoms with E-state index >= 15 is 0 Å². The van der Waals surface area contributed by atoms with E-state index in [1.807, 2.05) is 76.2 Å². The molecule has 2 atom stereocenters. The van der Waals surface area contributed by atoms with E-state index in [-0.39, 0.29) is 10.7 Å². The summed E-state index contributed by atoms with van der Waals surface area (Å²) in [5, 5.41) is 3.60. The number of amidine groups is 2. The number of ether oxygens (including phenoxy) is 3. The quantitative estimate of drug-likeness (QED) is 0.224. The van der Waals surface area contributed by atoms with E-state index in [1.54, 1.807) is 41.5 Å². The molecule has 0 aromatic heterocycles. The molecular formula is C37H52BrN5O6S2. The highest BCUT2D eigenvalue weighted by Crippen LogP contribution is 2.38. The summed E-state index contributed by atoms with van der Waals surface area (Å²) in [5.74, 6) is 1.57. The van der Waals surface area contributed by atoms with Gasteiger partial charge >= 0.3 is 18.3 Å². The van der Waals surface area contributed by atoms with Gasteiger partial charge < -0.3 is 19.9 Å². The zero-order valence-corrected chi connectivity index (χ0v) is 34.7. The first-order valence-corrected chi connectivity index (χ1v) is 19.5. The maximum Gasteiger partial charge on any atom is 0.426 e. The predicted octanol–water partition coefficient (Wildman–Crippen LogP) is 9.83. The fraction of sp³-hybridized carbons (Fsp3) is 0.541. The molecule has 14 heteroatoms. The summed E-state index contributed by atoms with van der Waals surface area (Å²) in [6.45, 7) is 20.0. The first-order chi connectivity index (χ1) is 23.4. The second-order valence-electron chi connectivity index (χ2n) is 15.6. The molecule has 0 saturated carbocycles. The lowest BCUT2D eigenvalue weighted by molar-refractivity contribution is 0.0150. The molecule has 2 aromatic carbocycles. The van der Waals surface area contributed by atoms with Crippen molar-refractivity contribution in [1.82, 2.24) is 10.2 Å². The number of anilines is 1. The molecule has 11 nitrogen and oxygen atoms in total. The number of rotatable bonds is 2. The van der Waals surface area contributed by atoms with Crippen molar-refractivity contribution in [2.45, 2.75) is 117 Å². The molecule has 0 bridgehead atoms. The van der Waals surface area contributed by atoms with Gasteiger partial charge in [-0.25, -0.2) is 14.4 Å². The molecule has 280 valence electrons. The standard InChI is InChI=1S/C21H29BrN2O4S.C16H23N3O2S/c1-19(2,3)27-17(25)24(18(26)28-20(4,5)6)16-23-21(7,11-12-29-16)14-9-8-10-15(22)13-14;1-15(2,3)21-14(20)18-13-19-16(4,8-9-22-13)11-6-5-7-12(17)10-11/h8-10,13H,11-12H2,1-7H3;5-7,10H,8-9,17H2,1-4H3,(H,18,19,20)/t21-;16-/m00/s1. The molecule has 2 aliphatic rings. The minimum Gasteiger partial charge on any atom is -0.444 e. The third-order valence-corrected chi connectivity index (χ3v) is 9.55. The van der Waals surface area contributed by atoms with Gasteiger partial charge in [0.15, 0.2) is 10.3 Å². The number of aliphatic imine (C=N–C) groups is 2. The topological polar surface area (TPSA) is 145 Å². The molecule has 0 unspecified atom stereocenters. The molecule has 0 radical (unpaired) electrons. The lowest BCUT2D eigenvalue weighted by Crippen LogP contribution is -2.47. The van der Waals surface area contributed by atoms with E-state index in [1.165, 1.54) is 23.5 Å². The minimum atomic E-state index is -0.795. The Balaban J connectivity index is 0.000000286. The van der Waals surface area contributed by atoms with Crippen molar-refractivity contribution < 1.29 is 28.6 Å². The molecule has 4 rings (SSSR count). The SMILES string of the molecule is CC(C)(C)OC(=O)N(C(=O)OC(C)(C)C)C1=N[C@](C)(c2cccc(Br)c2)CCS1.CC(C)(C)OC(=O)NC1=N[C@](C)(c2cccc(N)c2)CCS1. The van der Waals surface area contributed by atoms with Gasteiger partial charge in [0.2, 0.25) is 0 Å². The molecule has 0 spiro atoms. The number of hydrogen-bond donors (Lipinski definition) is 2. The average molecular weight is 807 g/mol. The van der Waals surface area contributed by atoms with Crippen molar-refractivity contribution in [2.24, 2.45) is 9.98 Å². The van der Waals surface area contributed by atoms with Crippen LogP contribution in [0.25, 0.3) is 0 Å². The van der Waals surface area contributed by atoms with E-state index in [9.17, 15) is 14.4 Å². The molecule has 3 N–H and O–H groups in total. The lowest BCUT2D eigenvalue weighted by Gasteiger charge is -2.34. The minimum absolute atomic E-state index is 0.280. The lowest BCUT2D eigenvalue weighted by atomic mass is 9.89. The van der Waals surface area contributed by atoms with Gasteiger partial charge in [-0.3, -0.25) is 15.3 Å². The smallest absolute Gasteiger partial charge is 0.426 e. The molecule has 51 heavy (non-hydrogen) atoms. The van der Waals surface area contributed by atoms with Crippen LogP contribution in [0.4, 0.5) is 20.1 Å². The fourth-order valence-corrected chi connectivity index (χ4v) is 7.57. The van der Waals surface area contributed by atoms with Crippen molar-refractivity contribution >= 4 is 73.8 Å². The van der Waals surface area contributed by atoms with Crippen molar-refractivity contribution in [3.05, 3.63) is 64.1 Å². The zero-order chi connectivity index (χ0) is 38.4. The normalized spacial score (nSPS) is 20.8. The second-order valence-corrected chi connectivity index (χ2v) is 18.7. The van der Waals surface area contributed by atoms with Crippen LogP contribution in [0.15, 0.2) is 63.0 Å². The number of nitrogens with two attached hydrogens (primary N) is 1.